The molecule has 2 aromatic rings. The van der Waals surface area contributed by atoms with Gasteiger partial charge in [-0.05, 0) is 11.6 Å². The second-order valence-corrected chi connectivity index (χ2v) is 3.28. The quantitative estimate of drug-likeness (QED) is 0.728. The van der Waals surface area contributed by atoms with Crippen molar-refractivity contribution in [3.8, 4) is 11.4 Å². The molecule has 0 unspecified atom stereocenters. The van der Waals surface area contributed by atoms with Crippen LogP contribution < -0.4 is 0 Å². The molecule has 1 aromatic carbocycles. The molecule has 4 heteroatoms. The molecule has 0 aliphatic heterocycles. The Balaban J connectivity index is 2.36. The van der Waals surface area contributed by atoms with Gasteiger partial charge in [0, 0.05) is 18.0 Å². The zero-order valence-electron chi connectivity index (χ0n) is 7.72. The maximum Gasteiger partial charge on any atom is 0.255 e. The van der Waals surface area contributed by atoms with Crippen LogP contribution in [0.25, 0.3) is 11.4 Å². The van der Waals surface area contributed by atoms with Gasteiger partial charge in [-0.3, -0.25) is 4.79 Å². The highest BCUT2D eigenvalue weighted by Crippen LogP contribution is 2.13. The second kappa shape index (κ2) is 4.19. The third kappa shape index (κ3) is 2.19. The van der Waals surface area contributed by atoms with E-state index in [2.05, 4.69) is 9.97 Å². The molecular weight excluding hydrogens is 212 g/mol. The average molecular weight is 219 g/mol. The molecule has 0 aliphatic rings. The molecule has 74 valence electrons. The van der Waals surface area contributed by atoms with Gasteiger partial charge < -0.3 is 0 Å². The van der Waals surface area contributed by atoms with E-state index in [-0.39, 0.29) is 0 Å². The minimum atomic E-state index is -0.547. The summed E-state index contributed by atoms with van der Waals surface area (Å²) in [4.78, 5) is 18.9. The zero-order chi connectivity index (χ0) is 10.7. The number of hydrogen-bond acceptors (Lipinski definition) is 3. The number of carbonyl (C=O) groups is 1. The van der Waals surface area contributed by atoms with Gasteiger partial charge in [-0.2, -0.15) is 0 Å². The Kier molecular flexibility index (Phi) is 2.74. The Morgan fingerprint density at radius 2 is 1.67 bits per heavy atom. The van der Waals surface area contributed by atoms with E-state index in [0.29, 0.717) is 11.4 Å². The summed E-state index contributed by atoms with van der Waals surface area (Å²) >= 11 is 5.28. The normalized spacial score (nSPS) is 9.93. The van der Waals surface area contributed by atoms with Gasteiger partial charge in [-0.1, -0.05) is 30.3 Å². The highest BCUT2D eigenvalue weighted by Gasteiger charge is 2.04. The first-order valence-corrected chi connectivity index (χ1v) is 4.72. The maximum absolute atomic E-state index is 10.8. The van der Waals surface area contributed by atoms with Crippen molar-refractivity contribution in [2.45, 2.75) is 0 Å². The van der Waals surface area contributed by atoms with Crippen molar-refractivity contribution in [3.05, 3.63) is 48.3 Å². The summed E-state index contributed by atoms with van der Waals surface area (Å²) in [7, 11) is 0. The molecule has 0 spiro atoms. The molecule has 2 rings (SSSR count). The predicted octanol–water partition coefficient (Wildman–Crippen LogP) is 2.52. The summed E-state index contributed by atoms with van der Waals surface area (Å²) in [6.07, 6.45) is 2.84. The summed E-state index contributed by atoms with van der Waals surface area (Å²) in [5.41, 5.74) is 1.21. The highest BCUT2D eigenvalue weighted by molar-refractivity contribution is 6.67. The summed E-state index contributed by atoms with van der Waals surface area (Å²) in [6.45, 7) is 0. The molecule has 15 heavy (non-hydrogen) atoms. The van der Waals surface area contributed by atoms with E-state index < -0.39 is 5.24 Å². The van der Waals surface area contributed by atoms with E-state index in [1.807, 2.05) is 30.3 Å². The van der Waals surface area contributed by atoms with Crippen LogP contribution in [0.15, 0.2) is 42.7 Å². The van der Waals surface area contributed by atoms with Crippen molar-refractivity contribution < 1.29 is 4.79 Å². The van der Waals surface area contributed by atoms with Gasteiger partial charge in [0.05, 0.1) is 5.56 Å². The summed E-state index contributed by atoms with van der Waals surface area (Å²) in [5, 5.41) is -0.547. The van der Waals surface area contributed by atoms with Gasteiger partial charge in [0.15, 0.2) is 5.82 Å². The van der Waals surface area contributed by atoms with Gasteiger partial charge >= 0.3 is 0 Å². The van der Waals surface area contributed by atoms with Gasteiger partial charge in [0.2, 0.25) is 0 Å². The van der Waals surface area contributed by atoms with Crippen molar-refractivity contribution in [2.75, 3.05) is 0 Å². The van der Waals surface area contributed by atoms with Gasteiger partial charge in [-0.25, -0.2) is 9.97 Å². The monoisotopic (exact) mass is 218 g/mol. The molecule has 0 saturated carbocycles. The van der Waals surface area contributed by atoms with Gasteiger partial charge in [-0.15, -0.1) is 0 Å². The Hall–Kier alpha value is -1.74. The fourth-order valence-corrected chi connectivity index (χ4v) is 1.26. The third-order valence-electron chi connectivity index (χ3n) is 1.91. The number of aromatic nitrogens is 2. The average Bonchev–Trinajstić information content (AvgIpc) is 2.30. The third-order valence-corrected chi connectivity index (χ3v) is 2.13. The molecule has 0 radical (unpaired) electrons. The van der Waals surface area contributed by atoms with Crippen LogP contribution in [0.2, 0.25) is 0 Å². The summed E-state index contributed by atoms with van der Waals surface area (Å²) < 4.78 is 0. The molecule has 3 nitrogen and oxygen atoms in total. The minimum absolute atomic E-state index is 0.302. The molecule has 0 bridgehead atoms. The lowest BCUT2D eigenvalue weighted by Crippen LogP contribution is -1.94. The first kappa shape index (κ1) is 9.80. The first-order valence-electron chi connectivity index (χ1n) is 4.34. The lowest BCUT2D eigenvalue weighted by atomic mass is 10.2. The Labute approximate surface area is 91.8 Å². The molecule has 1 heterocycles. The van der Waals surface area contributed by atoms with E-state index >= 15 is 0 Å². The van der Waals surface area contributed by atoms with Crippen LogP contribution in [-0.4, -0.2) is 15.2 Å². The highest BCUT2D eigenvalue weighted by atomic mass is 35.5. The van der Waals surface area contributed by atoms with Crippen LogP contribution in [-0.2, 0) is 0 Å². The van der Waals surface area contributed by atoms with Crippen molar-refractivity contribution in [1.82, 2.24) is 9.97 Å². The van der Waals surface area contributed by atoms with E-state index in [9.17, 15) is 4.79 Å². The number of hydrogen-bond donors (Lipinski definition) is 0. The fourth-order valence-electron chi connectivity index (χ4n) is 1.17. The molecule has 0 saturated heterocycles. The van der Waals surface area contributed by atoms with Crippen molar-refractivity contribution in [3.63, 3.8) is 0 Å². The van der Waals surface area contributed by atoms with Crippen molar-refractivity contribution in [1.29, 1.82) is 0 Å². The number of halogens is 1. The van der Waals surface area contributed by atoms with E-state index in [4.69, 9.17) is 11.6 Å². The van der Waals surface area contributed by atoms with Gasteiger partial charge in [0.25, 0.3) is 5.24 Å². The minimum Gasteiger partial charge on any atom is -0.275 e. The number of nitrogens with zero attached hydrogens (tertiary/aromatic N) is 2. The zero-order valence-corrected chi connectivity index (χ0v) is 8.48. The Morgan fingerprint density at radius 1 is 1.07 bits per heavy atom. The molecule has 0 fully saturated rings. The van der Waals surface area contributed by atoms with Crippen molar-refractivity contribution >= 4 is 16.8 Å². The fraction of sp³-hybridized carbons (Fsp3) is 0. The van der Waals surface area contributed by atoms with Gasteiger partial charge in [0.1, 0.15) is 0 Å². The number of rotatable bonds is 2. The molecule has 0 N–H and O–H groups in total. The molecule has 0 atom stereocenters. The maximum atomic E-state index is 10.8. The van der Waals surface area contributed by atoms with Crippen molar-refractivity contribution in [2.24, 2.45) is 0 Å². The van der Waals surface area contributed by atoms with Crippen LogP contribution in [0.1, 0.15) is 10.4 Å². The topological polar surface area (TPSA) is 42.9 Å². The van der Waals surface area contributed by atoms with Crippen LogP contribution >= 0.6 is 11.6 Å². The molecule has 0 amide bonds. The lowest BCUT2D eigenvalue weighted by Gasteiger charge is -1.99. The summed E-state index contributed by atoms with van der Waals surface area (Å²) in [5.74, 6) is 0.581. The number of benzene rings is 1. The SMILES string of the molecule is O=C(Cl)c1cnc(-c2ccccc2)nc1. The summed E-state index contributed by atoms with van der Waals surface area (Å²) in [6, 6.07) is 9.52. The lowest BCUT2D eigenvalue weighted by molar-refractivity contribution is 0.108. The molecule has 1 aromatic heterocycles. The van der Waals surface area contributed by atoms with E-state index in [1.54, 1.807) is 0 Å². The standard InChI is InChI=1S/C11H7ClN2O/c12-10(15)9-6-13-11(14-7-9)8-4-2-1-3-5-8/h1-7H. The van der Waals surface area contributed by atoms with Crippen LogP contribution in [0.5, 0.6) is 0 Å². The molecule has 0 aliphatic carbocycles. The largest absolute Gasteiger partial charge is 0.275 e. The Bertz CT molecular complexity index is 468. The van der Waals surface area contributed by atoms with E-state index in [1.165, 1.54) is 12.4 Å². The smallest absolute Gasteiger partial charge is 0.255 e. The predicted molar refractivity (Wildman–Crippen MR) is 57.7 cm³/mol. The van der Waals surface area contributed by atoms with Crippen LogP contribution in [0.4, 0.5) is 0 Å². The Morgan fingerprint density at radius 3 is 2.20 bits per heavy atom. The second-order valence-electron chi connectivity index (χ2n) is 2.94. The van der Waals surface area contributed by atoms with E-state index in [0.717, 1.165) is 5.56 Å². The molecular formula is C11H7ClN2O. The van der Waals surface area contributed by atoms with Crippen LogP contribution in [0, 0.1) is 0 Å². The number of carbonyl (C=O) groups excluding carboxylic acids is 1. The van der Waals surface area contributed by atoms with Crippen LogP contribution in [0.3, 0.4) is 0 Å². The first-order chi connectivity index (χ1) is 7.27.